The van der Waals surface area contributed by atoms with Crippen LogP contribution in [0.15, 0.2) is 0 Å². The average molecular weight is 282 g/mol. The first-order chi connectivity index (χ1) is 4.88. The molecule has 0 fully saturated rings. The maximum Gasteiger partial charge on any atom is 2.00 e. The summed E-state index contributed by atoms with van der Waals surface area (Å²) in [5.74, 6) is 0. The van der Waals surface area contributed by atoms with Crippen molar-refractivity contribution in [1.82, 2.24) is 0 Å². The summed E-state index contributed by atoms with van der Waals surface area (Å²) in [6, 6.07) is 0. The standard InChI is InChI=1S/C2H6O.Ca.2NO3.4H2O/c1-2-3;;2*2-1(3)4;;;;/h3H,2H2,1H3;;;;4*1H2/q;+2;2*-1;;;;. The molecular weight excluding hydrogens is 268 g/mol. The monoisotopic (exact) mass is 282 g/mol. The number of hydrogen-bond acceptors (Lipinski definition) is 7. The predicted octanol–water partition coefficient (Wildman–Crippen LogP) is -4.16. The number of nitrogens with zero attached hydrogens (tertiary/aromatic N) is 2. The molecule has 0 unspecified atom stereocenters. The largest absolute Gasteiger partial charge is 2.00 e. The van der Waals surface area contributed by atoms with Crippen molar-refractivity contribution < 1.29 is 37.2 Å². The van der Waals surface area contributed by atoms with E-state index in [9.17, 15) is 0 Å². The minimum absolute atomic E-state index is 0. The van der Waals surface area contributed by atoms with Crippen molar-refractivity contribution in [3.63, 3.8) is 0 Å². The maximum atomic E-state index is 8.25. The quantitative estimate of drug-likeness (QED) is 0.259. The summed E-state index contributed by atoms with van der Waals surface area (Å²) in [5, 5.41) is 37.1. The van der Waals surface area contributed by atoms with Gasteiger partial charge in [0.25, 0.3) is 0 Å². The Bertz CT molecular complexity index is 90.2. The zero-order valence-electron chi connectivity index (χ0n) is 8.21. The fourth-order valence-electron chi connectivity index (χ4n) is 0. The molecule has 0 aromatic heterocycles. The van der Waals surface area contributed by atoms with E-state index in [4.69, 9.17) is 35.7 Å². The minimum atomic E-state index is -1.75. The van der Waals surface area contributed by atoms with Crippen LogP contribution in [-0.2, 0) is 0 Å². The normalized spacial score (nSPS) is 4.12. The van der Waals surface area contributed by atoms with E-state index >= 15 is 0 Å². The Hall–Kier alpha value is -0.540. The first-order valence-corrected chi connectivity index (χ1v) is 2.12. The van der Waals surface area contributed by atoms with Crippen molar-refractivity contribution in [1.29, 1.82) is 0 Å². The molecule has 0 spiro atoms. The van der Waals surface area contributed by atoms with Crippen LogP contribution >= 0.6 is 0 Å². The van der Waals surface area contributed by atoms with Crippen molar-refractivity contribution in [3.05, 3.63) is 30.6 Å². The summed E-state index contributed by atoms with van der Waals surface area (Å²) < 4.78 is 0. The van der Waals surface area contributed by atoms with Gasteiger partial charge in [-0.1, -0.05) is 0 Å². The van der Waals surface area contributed by atoms with Gasteiger partial charge in [-0.3, -0.25) is 0 Å². The molecule has 0 aliphatic heterocycles. The molecule has 0 saturated heterocycles. The van der Waals surface area contributed by atoms with Gasteiger partial charge < -0.3 is 57.7 Å². The van der Waals surface area contributed by atoms with E-state index < -0.39 is 10.2 Å². The van der Waals surface area contributed by atoms with Crippen molar-refractivity contribution in [2.75, 3.05) is 6.61 Å². The Labute approximate surface area is 119 Å². The third kappa shape index (κ3) is 7160. The van der Waals surface area contributed by atoms with Gasteiger partial charge in [-0.05, 0) is 6.92 Å². The van der Waals surface area contributed by atoms with E-state index in [1.165, 1.54) is 0 Å². The molecular formula is C2H14CaN2O11. The molecule has 0 aliphatic carbocycles. The Morgan fingerprint density at radius 1 is 0.875 bits per heavy atom. The van der Waals surface area contributed by atoms with Gasteiger partial charge in [0, 0.05) is 6.61 Å². The van der Waals surface area contributed by atoms with Gasteiger partial charge in [0.2, 0.25) is 0 Å². The van der Waals surface area contributed by atoms with Crippen molar-refractivity contribution in [3.8, 4) is 0 Å². The number of aliphatic hydroxyl groups excluding tert-OH is 1. The summed E-state index contributed by atoms with van der Waals surface area (Å²) >= 11 is 0. The van der Waals surface area contributed by atoms with E-state index in [1.54, 1.807) is 6.92 Å². The number of hydrogen-bond donors (Lipinski definition) is 1. The number of aliphatic hydroxyl groups is 1. The molecule has 14 heteroatoms. The van der Waals surface area contributed by atoms with Crippen LogP contribution in [-0.4, -0.2) is 81.5 Å². The molecule has 0 aromatic carbocycles. The predicted molar refractivity (Wildman–Crippen MR) is 53.7 cm³/mol. The van der Waals surface area contributed by atoms with Gasteiger partial charge in [0.05, 0.1) is 10.2 Å². The van der Waals surface area contributed by atoms with Crippen LogP contribution in [0.3, 0.4) is 0 Å². The van der Waals surface area contributed by atoms with Crippen molar-refractivity contribution in [2.45, 2.75) is 6.92 Å². The van der Waals surface area contributed by atoms with Crippen molar-refractivity contribution in [2.24, 2.45) is 0 Å². The third-order valence-electron chi connectivity index (χ3n) is 0. The Kier molecular flexibility index (Phi) is 228. The van der Waals surface area contributed by atoms with Crippen LogP contribution in [0.1, 0.15) is 6.92 Å². The Morgan fingerprint density at radius 3 is 0.875 bits per heavy atom. The van der Waals surface area contributed by atoms with Gasteiger partial charge in [0.1, 0.15) is 0 Å². The van der Waals surface area contributed by atoms with Gasteiger partial charge >= 0.3 is 37.7 Å². The summed E-state index contributed by atoms with van der Waals surface area (Å²) in [6.45, 7) is 1.93. The van der Waals surface area contributed by atoms with Crippen LogP contribution < -0.4 is 0 Å². The molecule has 0 aliphatic rings. The first-order valence-electron chi connectivity index (χ1n) is 2.12. The van der Waals surface area contributed by atoms with E-state index in [-0.39, 0.29) is 66.2 Å². The zero-order chi connectivity index (χ0) is 9.86. The van der Waals surface area contributed by atoms with Gasteiger partial charge in [-0.2, -0.15) is 0 Å². The van der Waals surface area contributed by atoms with Crippen LogP contribution in [0.5, 0.6) is 0 Å². The molecule has 0 saturated carbocycles. The fourth-order valence-corrected chi connectivity index (χ4v) is 0. The summed E-state index contributed by atoms with van der Waals surface area (Å²) in [4.78, 5) is 16.5. The van der Waals surface area contributed by atoms with Crippen LogP contribution in [0.25, 0.3) is 0 Å². The maximum absolute atomic E-state index is 8.25. The molecule has 13 nitrogen and oxygen atoms in total. The third-order valence-corrected chi connectivity index (χ3v) is 0. The summed E-state index contributed by atoms with van der Waals surface area (Å²) in [5.41, 5.74) is 0. The molecule has 0 heterocycles. The molecule has 16 heavy (non-hydrogen) atoms. The van der Waals surface area contributed by atoms with Crippen LogP contribution in [0.2, 0.25) is 0 Å². The van der Waals surface area contributed by atoms with E-state index in [0.29, 0.717) is 0 Å². The van der Waals surface area contributed by atoms with E-state index in [0.717, 1.165) is 0 Å². The molecule has 0 radical (unpaired) electrons. The molecule has 0 bridgehead atoms. The van der Waals surface area contributed by atoms with Crippen LogP contribution in [0, 0.1) is 30.6 Å². The first kappa shape index (κ1) is 58.1. The van der Waals surface area contributed by atoms with Gasteiger partial charge in [0.15, 0.2) is 0 Å². The smallest absolute Gasteiger partial charge is 0.412 e. The summed E-state index contributed by atoms with van der Waals surface area (Å²) in [6.07, 6.45) is 0. The Balaban J connectivity index is -0.00000000872. The molecule has 100 valence electrons. The van der Waals surface area contributed by atoms with Gasteiger partial charge in [-0.15, -0.1) is 0 Å². The summed E-state index contributed by atoms with van der Waals surface area (Å²) in [7, 11) is 0. The fraction of sp³-hybridized carbons (Fsp3) is 1.00. The molecule has 0 amide bonds. The van der Waals surface area contributed by atoms with Gasteiger partial charge in [-0.25, -0.2) is 0 Å². The second-order valence-corrected chi connectivity index (χ2v) is 0.763. The minimum Gasteiger partial charge on any atom is -0.412 e. The molecule has 9 N–H and O–H groups in total. The second-order valence-electron chi connectivity index (χ2n) is 0.763. The topological polar surface area (TPSA) is 279 Å². The molecule has 0 aromatic rings. The zero-order valence-corrected chi connectivity index (χ0v) is 10.4. The van der Waals surface area contributed by atoms with Crippen molar-refractivity contribution >= 4 is 37.7 Å². The van der Waals surface area contributed by atoms with E-state index in [2.05, 4.69) is 0 Å². The Morgan fingerprint density at radius 2 is 0.875 bits per heavy atom. The SMILES string of the molecule is CCO.O.O.O.O.O=[N+]([O-])[O-].O=[N+]([O-])[O-].[Ca+2]. The number of rotatable bonds is 0. The second kappa shape index (κ2) is 62.8. The van der Waals surface area contributed by atoms with Crippen LogP contribution in [0.4, 0.5) is 0 Å². The molecule has 0 rings (SSSR count). The van der Waals surface area contributed by atoms with E-state index in [1.807, 2.05) is 0 Å². The molecule has 0 atom stereocenters. The average Bonchev–Trinajstić information content (AvgIpc) is 1.60.